The molecule has 0 N–H and O–H groups in total. The average Bonchev–Trinajstić information content (AvgIpc) is 2.24. The van der Waals surface area contributed by atoms with Crippen molar-refractivity contribution in [2.45, 2.75) is 0 Å². The van der Waals surface area contributed by atoms with Crippen molar-refractivity contribution in [3.8, 4) is 5.69 Å². The molecule has 0 atom stereocenters. The predicted octanol–water partition coefficient (Wildman–Crippen LogP) is 1.51. The highest BCUT2D eigenvalue weighted by atomic mass is 19.1. The number of pyridine rings is 2. The van der Waals surface area contributed by atoms with E-state index in [1.165, 1.54) is 18.3 Å². The van der Waals surface area contributed by atoms with Crippen LogP contribution in [0.5, 0.6) is 0 Å². The van der Waals surface area contributed by atoms with Crippen molar-refractivity contribution in [3.63, 3.8) is 0 Å². The summed E-state index contributed by atoms with van der Waals surface area (Å²) in [5, 5.41) is 0. The first-order valence-electron chi connectivity index (χ1n) is 4.17. The Labute approximate surface area is 83.6 Å². The fraction of sp³-hybridized carbons (Fsp3) is 0. The summed E-state index contributed by atoms with van der Waals surface area (Å²) in [6.45, 7) is 0. The molecule has 0 aliphatic carbocycles. The number of halogens is 2. The average molecular weight is 208 g/mol. The lowest BCUT2D eigenvalue weighted by atomic mass is 10.4. The van der Waals surface area contributed by atoms with Crippen molar-refractivity contribution >= 4 is 0 Å². The number of nitrogens with zero attached hydrogens (tertiary/aromatic N) is 2. The molecule has 0 aliphatic rings. The van der Waals surface area contributed by atoms with Gasteiger partial charge in [-0.1, -0.05) is 0 Å². The summed E-state index contributed by atoms with van der Waals surface area (Å²) in [5.74, 6) is -1.51. The van der Waals surface area contributed by atoms with E-state index in [9.17, 15) is 13.6 Å². The highest BCUT2D eigenvalue weighted by Crippen LogP contribution is 2.03. The van der Waals surface area contributed by atoms with E-state index in [2.05, 4.69) is 4.98 Å². The maximum absolute atomic E-state index is 12.9. The van der Waals surface area contributed by atoms with Gasteiger partial charge in [0.05, 0.1) is 11.9 Å². The summed E-state index contributed by atoms with van der Waals surface area (Å²) in [7, 11) is 0. The Balaban J connectivity index is 2.59. The molecule has 15 heavy (non-hydrogen) atoms. The van der Waals surface area contributed by atoms with Crippen LogP contribution >= 0.6 is 0 Å². The van der Waals surface area contributed by atoms with Gasteiger partial charge in [-0.05, 0) is 24.3 Å². The largest absolute Gasteiger partial charge is 0.291 e. The molecular formula is C10H6F2N2O. The van der Waals surface area contributed by atoms with Gasteiger partial charge in [-0.3, -0.25) is 9.36 Å². The van der Waals surface area contributed by atoms with Crippen molar-refractivity contribution in [1.29, 1.82) is 0 Å². The fourth-order valence-electron chi connectivity index (χ4n) is 1.18. The van der Waals surface area contributed by atoms with E-state index in [0.717, 1.165) is 22.9 Å². The van der Waals surface area contributed by atoms with Crippen molar-refractivity contribution in [3.05, 3.63) is 58.8 Å². The minimum absolute atomic E-state index is 0.320. The summed E-state index contributed by atoms with van der Waals surface area (Å²) >= 11 is 0. The van der Waals surface area contributed by atoms with Crippen LogP contribution in [0.2, 0.25) is 0 Å². The zero-order valence-electron chi connectivity index (χ0n) is 7.52. The Bertz CT molecular complexity index is 534. The van der Waals surface area contributed by atoms with E-state index in [4.69, 9.17) is 0 Å². The molecule has 3 nitrogen and oxygen atoms in total. The molecule has 0 spiro atoms. The van der Waals surface area contributed by atoms with Crippen LogP contribution in [0.3, 0.4) is 0 Å². The lowest BCUT2D eigenvalue weighted by Gasteiger charge is -2.03. The lowest BCUT2D eigenvalue weighted by molar-refractivity contribution is 0.581. The molecule has 2 rings (SSSR count). The van der Waals surface area contributed by atoms with Crippen LogP contribution in [0, 0.1) is 11.8 Å². The first kappa shape index (κ1) is 9.51. The molecule has 0 fully saturated rings. The normalized spacial score (nSPS) is 10.3. The first-order chi connectivity index (χ1) is 7.18. The monoisotopic (exact) mass is 208 g/mol. The Hall–Kier alpha value is -2.04. The molecule has 2 heterocycles. The Morgan fingerprint density at radius 3 is 2.67 bits per heavy atom. The van der Waals surface area contributed by atoms with Gasteiger partial charge in [-0.2, -0.15) is 4.39 Å². The molecule has 2 aromatic rings. The van der Waals surface area contributed by atoms with E-state index >= 15 is 0 Å². The minimum Gasteiger partial charge on any atom is -0.280 e. The zero-order valence-corrected chi connectivity index (χ0v) is 7.52. The van der Waals surface area contributed by atoms with Crippen LogP contribution in [-0.4, -0.2) is 9.55 Å². The predicted molar refractivity (Wildman–Crippen MR) is 49.8 cm³/mol. The second-order valence-electron chi connectivity index (χ2n) is 2.87. The molecule has 0 saturated carbocycles. The second-order valence-corrected chi connectivity index (χ2v) is 2.87. The first-order valence-corrected chi connectivity index (χ1v) is 4.17. The van der Waals surface area contributed by atoms with Gasteiger partial charge >= 0.3 is 0 Å². The van der Waals surface area contributed by atoms with Gasteiger partial charge in [0.15, 0.2) is 5.82 Å². The van der Waals surface area contributed by atoms with Crippen LogP contribution in [0.15, 0.2) is 41.5 Å². The molecular weight excluding hydrogens is 202 g/mol. The van der Waals surface area contributed by atoms with Crippen molar-refractivity contribution in [2.75, 3.05) is 0 Å². The van der Waals surface area contributed by atoms with Crippen LogP contribution < -0.4 is 5.56 Å². The second kappa shape index (κ2) is 3.61. The standard InChI is InChI=1S/C10H6F2N2O/c11-8-2-1-5-14(10(8)15)7-3-4-9(12)13-6-7/h1-6H. The van der Waals surface area contributed by atoms with Gasteiger partial charge in [-0.15, -0.1) is 0 Å². The minimum atomic E-state index is -0.859. The Morgan fingerprint density at radius 1 is 1.20 bits per heavy atom. The Morgan fingerprint density at radius 2 is 2.00 bits per heavy atom. The van der Waals surface area contributed by atoms with Gasteiger partial charge in [0.2, 0.25) is 5.95 Å². The number of hydrogen-bond donors (Lipinski definition) is 0. The SMILES string of the molecule is O=c1c(F)cccn1-c1ccc(F)nc1. The molecule has 5 heteroatoms. The molecule has 0 bridgehead atoms. The van der Waals surface area contributed by atoms with Gasteiger partial charge in [0.1, 0.15) is 0 Å². The van der Waals surface area contributed by atoms with Crippen LogP contribution in [0.4, 0.5) is 8.78 Å². The third-order valence-electron chi connectivity index (χ3n) is 1.89. The van der Waals surface area contributed by atoms with Crippen molar-refractivity contribution < 1.29 is 8.78 Å². The van der Waals surface area contributed by atoms with E-state index in [0.29, 0.717) is 5.69 Å². The summed E-state index contributed by atoms with van der Waals surface area (Å²) in [6, 6.07) is 4.91. The molecule has 0 aliphatic heterocycles. The summed E-state index contributed by atoms with van der Waals surface area (Å²) in [5.41, 5.74) is -0.466. The van der Waals surface area contributed by atoms with Gasteiger partial charge < -0.3 is 0 Å². The van der Waals surface area contributed by atoms with E-state index in [1.54, 1.807) is 0 Å². The highest BCUT2D eigenvalue weighted by Gasteiger charge is 2.03. The Kier molecular flexibility index (Phi) is 2.29. The molecule has 0 unspecified atom stereocenters. The third kappa shape index (κ3) is 1.76. The van der Waals surface area contributed by atoms with Crippen molar-refractivity contribution in [1.82, 2.24) is 9.55 Å². The molecule has 0 radical (unpaired) electrons. The van der Waals surface area contributed by atoms with Gasteiger partial charge in [0, 0.05) is 6.20 Å². The summed E-state index contributed by atoms with van der Waals surface area (Å²) in [4.78, 5) is 14.7. The number of hydrogen-bond acceptors (Lipinski definition) is 2. The maximum Gasteiger partial charge on any atom is 0.291 e. The van der Waals surface area contributed by atoms with Gasteiger partial charge in [-0.25, -0.2) is 9.37 Å². The topological polar surface area (TPSA) is 34.9 Å². The quantitative estimate of drug-likeness (QED) is 0.666. The van der Waals surface area contributed by atoms with E-state index < -0.39 is 17.3 Å². The van der Waals surface area contributed by atoms with Gasteiger partial charge in [0.25, 0.3) is 5.56 Å². The van der Waals surface area contributed by atoms with Crippen LogP contribution in [0.1, 0.15) is 0 Å². The molecule has 2 aromatic heterocycles. The molecule has 76 valence electrons. The molecule has 0 saturated heterocycles. The number of aromatic nitrogens is 2. The van der Waals surface area contributed by atoms with Crippen LogP contribution in [0.25, 0.3) is 5.69 Å². The van der Waals surface area contributed by atoms with Crippen LogP contribution in [-0.2, 0) is 0 Å². The lowest BCUT2D eigenvalue weighted by Crippen LogP contribution is -2.20. The van der Waals surface area contributed by atoms with Crippen molar-refractivity contribution in [2.24, 2.45) is 0 Å². The summed E-state index contributed by atoms with van der Waals surface area (Å²) in [6.07, 6.45) is 2.55. The zero-order chi connectivity index (χ0) is 10.8. The third-order valence-corrected chi connectivity index (χ3v) is 1.89. The van der Waals surface area contributed by atoms with E-state index in [-0.39, 0.29) is 0 Å². The van der Waals surface area contributed by atoms with E-state index in [1.807, 2.05) is 0 Å². The maximum atomic E-state index is 12.9. The summed E-state index contributed by atoms with van der Waals surface area (Å²) < 4.78 is 26.5. The molecule has 0 aromatic carbocycles. The highest BCUT2D eigenvalue weighted by molar-refractivity contribution is 5.28. The fourth-order valence-corrected chi connectivity index (χ4v) is 1.18. The molecule has 0 amide bonds. The smallest absolute Gasteiger partial charge is 0.280 e. The number of rotatable bonds is 1.